The van der Waals surface area contributed by atoms with E-state index in [1.807, 2.05) is 0 Å². The molecule has 1 N–H and O–H groups in total. The predicted octanol–water partition coefficient (Wildman–Crippen LogP) is 2.37. The molecule has 26 heavy (non-hydrogen) atoms. The number of carbonyl (C=O) groups is 1. The van der Waals surface area contributed by atoms with E-state index in [-0.39, 0.29) is 5.92 Å². The number of aryl methyl sites for hydroxylation is 1. The number of hydrogen-bond donors (Lipinski definition) is 1. The maximum atomic E-state index is 13.1. The minimum atomic E-state index is 0.189. The lowest BCUT2D eigenvalue weighted by Gasteiger charge is -2.35. The van der Waals surface area contributed by atoms with Gasteiger partial charge in [-0.3, -0.25) is 4.79 Å². The number of carbonyl (C=O) groups excluding carboxylic acids is 1. The number of fused-ring (bicyclic) bond motifs is 1. The summed E-state index contributed by atoms with van der Waals surface area (Å²) in [5, 5.41) is 0. The molecule has 2 aliphatic rings. The molecular weight excluding hydrogens is 320 g/mol. The van der Waals surface area contributed by atoms with Crippen molar-refractivity contribution in [2.75, 3.05) is 19.6 Å². The molecule has 3 heteroatoms. The number of likely N-dealkylation sites (tertiary alicyclic amines) is 1. The Bertz CT molecular complexity index is 785. The van der Waals surface area contributed by atoms with Crippen molar-refractivity contribution in [3.8, 4) is 0 Å². The summed E-state index contributed by atoms with van der Waals surface area (Å²) in [4.78, 5) is 16.8. The maximum Gasteiger partial charge on any atom is 0.231 e. The molecule has 0 bridgehead atoms. The quantitative estimate of drug-likeness (QED) is 0.904. The van der Waals surface area contributed by atoms with Crippen LogP contribution in [0.4, 0.5) is 0 Å². The summed E-state index contributed by atoms with van der Waals surface area (Å²) in [5.41, 5.74) is 5.44. The van der Waals surface area contributed by atoms with Crippen molar-refractivity contribution < 1.29 is 9.69 Å². The van der Waals surface area contributed by atoms with Gasteiger partial charge >= 0.3 is 0 Å². The molecule has 2 atom stereocenters. The molecule has 0 spiro atoms. The predicted molar refractivity (Wildman–Crippen MR) is 104 cm³/mol. The molecule has 1 fully saturated rings. The Morgan fingerprint density at radius 2 is 2.00 bits per heavy atom. The first-order valence-corrected chi connectivity index (χ1v) is 9.94. The van der Waals surface area contributed by atoms with E-state index in [2.05, 4.69) is 60.4 Å². The Hall–Kier alpha value is -2.13. The lowest BCUT2D eigenvalue weighted by Crippen LogP contribution is -3.12. The third-order valence-electron chi connectivity index (χ3n) is 5.95. The first-order chi connectivity index (χ1) is 12.7. The number of quaternary nitrogens is 1. The van der Waals surface area contributed by atoms with Crippen molar-refractivity contribution in [3.63, 3.8) is 0 Å². The van der Waals surface area contributed by atoms with Crippen molar-refractivity contribution in [1.82, 2.24) is 4.90 Å². The van der Waals surface area contributed by atoms with Gasteiger partial charge in [0.2, 0.25) is 5.91 Å². The summed E-state index contributed by atoms with van der Waals surface area (Å²) in [6.07, 6.45) is 3.20. The van der Waals surface area contributed by atoms with E-state index >= 15 is 0 Å². The number of hydrogen-bond acceptors (Lipinski definition) is 1. The van der Waals surface area contributed by atoms with Gasteiger partial charge in [0.15, 0.2) is 0 Å². The molecule has 0 aliphatic carbocycles. The number of nitrogens with zero attached hydrogens (tertiary/aromatic N) is 1. The standard InChI is InChI=1S/C23H28N2O/c1-18-6-4-7-19(14-18)15-24-12-5-10-22(16-24)23(26)25-13-11-20-8-2-3-9-21(20)17-25/h2-4,6-9,14,22H,5,10-13,15-17H2,1H3/p+1/t22-/m1/s1. The summed E-state index contributed by atoms with van der Waals surface area (Å²) in [6, 6.07) is 17.3. The third kappa shape index (κ3) is 3.83. The van der Waals surface area contributed by atoms with Crippen LogP contribution in [0.1, 0.15) is 35.1 Å². The van der Waals surface area contributed by atoms with Crippen LogP contribution in [0.5, 0.6) is 0 Å². The Morgan fingerprint density at radius 1 is 1.15 bits per heavy atom. The smallest absolute Gasteiger partial charge is 0.231 e. The van der Waals surface area contributed by atoms with Crippen molar-refractivity contribution in [1.29, 1.82) is 0 Å². The van der Waals surface area contributed by atoms with Gasteiger partial charge in [-0.2, -0.15) is 0 Å². The Labute approximate surface area is 156 Å². The van der Waals surface area contributed by atoms with Crippen LogP contribution in [0.3, 0.4) is 0 Å². The highest BCUT2D eigenvalue weighted by atomic mass is 16.2. The summed E-state index contributed by atoms with van der Waals surface area (Å²) in [7, 11) is 0. The fourth-order valence-corrected chi connectivity index (χ4v) is 4.58. The van der Waals surface area contributed by atoms with Crippen LogP contribution in [0, 0.1) is 12.8 Å². The van der Waals surface area contributed by atoms with Gasteiger partial charge in [-0.05, 0) is 37.3 Å². The highest BCUT2D eigenvalue weighted by molar-refractivity contribution is 5.79. The maximum absolute atomic E-state index is 13.1. The van der Waals surface area contributed by atoms with Crippen LogP contribution in [0.2, 0.25) is 0 Å². The molecule has 4 rings (SSSR count). The molecule has 0 saturated carbocycles. The SMILES string of the molecule is Cc1cccc(C[NH+]2CCC[C@@H](C(=O)N3CCc4ccccc4C3)C2)c1. The van der Waals surface area contributed by atoms with E-state index < -0.39 is 0 Å². The Kier molecular flexibility index (Phi) is 5.07. The number of amides is 1. The van der Waals surface area contributed by atoms with E-state index in [9.17, 15) is 4.79 Å². The van der Waals surface area contributed by atoms with E-state index in [1.54, 1.807) is 4.90 Å². The van der Waals surface area contributed by atoms with Crippen molar-refractivity contribution in [2.45, 2.75) is 39.3 Å². The molecular formula is C23H29N2O+. The van der Waals surface area contributed by atoms with Gasteiger partial charge in [0.05, 0.1) is 19.0 Å². The molecule has 0 aromatic heterocycles. The minimum Gasteiger partial charge on any atom is -0.338 e. The van der Waals surface area contributed by atoms with Gasteiger partial charge in [0, 0.05) is 18.7 Å². The van der Waals surface area contributed by atoms with Crippen molar-refractivity contribution in [3.05, 3.63) is 70.8 Å². The molecule has 136 valence electrons. The zero-order chi connectivity index (χ0) is 17.9. The van der Waals surface area contributed by atoms with Gasteiger partial charge in [0.1, 0.15) is 6.54 Å². The van der Waals surface area contributed by atoms with Gasteiger partial charge in [-0.1, -0.05) is 54.1 Å². The summed E-state index contributed by atoms with van der Waals surface area (Å²) >= 11 is 0. The molecule has 0 radical (unpaired) electrons. The molecule has 2 aromatic rings. The number of benzene rings is 2. The molecule has 1 amide bonds. The lowest BCUT2D eigenvalue weighted by molar-refractivity contribution is -0.921. The van der Waals surface area contributed by atoms with Crippen molar-refractivity contribution in [2.24, 2.45) is 5.92 Å². The van der Waals surface area contributed by atoms with E-state index in [4.69, 9.17) is 0 Å². The first kappa shape index (κ1) is 17.3. The molecule has 2 aliphatic heterocycles. The van der Waals surface area contributed by atoms with Crippen LogP contribution < -0.4 is 4.90 Å². The second kappa shape index (κ2) is 7.63. The van der Waals surface area contributed by atoms with Crippen LogP contribution in [-0.4, -0.2) is 30.4 Å². The second-order valence-electron chi connectivity index (χ2n) is 7.99. The Morgan fingerprint density at radius 3 is 2.85 bits per heavy atom. The average molecular weight is 349 g/mol. The first-order valence-electron chi connectivity index (χ1n) is 9.94. The van der Waals surface area contributed by atoms with Crippen LogP contribution in [0.25, 0.3) is 0 Å². The lowest BCUT2D eigenvalue weighted by atomic mass is 9.93. The van der Waals surface area contributed by atoms with Gasteiger partial charge in [-0.25, -0.2) is 0 Å². The van der Waals surface area contributed by atoms with Crippen LogP contribution in [0.15, 0.2) is 48.5 Å². The fourth-order valence-electron chi connectivity index (χ4n) is 4.58. The van der Waals surface area contributed by atoms with E-state index in [0.717, 1.165) is 45.4 Å². The number of piperidine rings is 1. The van der Waals surface area contributed by atoms with Gasteiger partial charge in [-0.15, -0.1) is 0 Å². The van der Waals surface area contributed by atoms with Crippen molar-refractivity contribution >= 4 is 5.91 Å². The monoisotopic (exact) mass is 349 g/mol. The number of rotatable bonds is 3. The third-order valence-corrected chi connectivity index (χ3v) is 5.95. The van der Waals surface area contributed by atoms with Gasteiger partial charge in [0.25, 0.3) is 0 Å². The molecule has 1 saturated heterocycles. The fraction of sp³-hybridized carbons (Fsp3) is 0.435. The van der Waals surface area contributed by atoms with E-state index in [0.29, 0.717) is 5.91 Å². The number of nitrogens with one attached hydrogen (secondary N) is 1. The molecule has 3 nitrogen and oxygen atoms in total. The molecule has 1 unspecified atom stereocenters. The summed E-state index contributed by atoms with van der Waals surface area (Å²) < 4.78 is 0. The topological polar surface area (TPSA) is 24.8 Å². The van der Waals surface area contributed by atoms with E-state index in [1.165, 1.54) is 28.8 Å². The highest BCUT2D eigenvalue weighted by Crippen LogP contribution is 2.21. The highest BCUT2D eigenvalue weighted by Gasteiger charge is 2.33. The zero-order valence-corrected chi connectivity index (χ0v) is 15.7. The zero-order valence-electron chi connectivity index (χ0n) is 15.7. The minimum absolute atomic E-state index is 0.189. The normalized spacial score (nSPS) is 22.7. The van der Waals surface area contributed by atoms with Gasteiger partial charge < -0.3 is 9.80 Å². The largest absolute Gasteiger partial charge is 0.338 e. The second-order valence-corrected chi connectivity index (χ2v) is 7.99. The van der Waals surface area contributed by atoms with Crippen LogP contribution >= 0.6 is 0 Å². The Balaban J connectivity index is 1.39. The summed E-state index contributed by atoms with van der Waals surface area (Å²) in [6.45, 7) is 7.01. The molecule has 2 aromatic carbocycles. The van der Waals surface area contributed by atoms with Crippen LogP contribution in [-0.2, 0) is 24.3 Å². The average Bonchev–Trinajstić information content (AvgIpc) is 2.67. The molecule has 2 heterocycles. The summed E-state index contributed by atoms with van der Waals surface area (Å²) in [5.74, 6) is 0.565.